The number of aromatic amines is 1. The van der Waals surface area contributed by atoms with Crippen LogP contribution in [-0.4, -0.2) is 66.5 Å². The summed E-state index contributed by atoms with van der Waals surface area (Å²) in [5.74, 6) is 0.600. The van der Waals surface area contributed by atoms with Crippen LogP contribution in [0.1, 0.15) is 30.7 Å². The summed E-state index contributed by atoms with van der Waals surface area (Å²) >= 11 is 0. The van der Waals surface area contributed by atoms with E-state index in [1.165, 1.54) is 17.2 Å². The Morgan fingerprint density at radius 3 is 1.87 bits per heavy atom. The molecule has 0 spiro atoms. The minimum absolute atomic E-state index is 0. The zero-order valence-corrected chi connectivity index (χ0v) is 31.5. The van der Waals surface area contributed by atoms with Crippen molar-refractivity contribution in [1.29, 1.82) is 0 Å². The molecule has 3 N–H and O–H groups in total. The molecule has 1 aromatic carbocycles. The fourth-order valence-electron chi connectivity index (χ4n) is 4.13. The van der Waals surface area contributed by atoms with E-state index in [0.717, 1.165) is 28.8 Å². The third-order valence-electron chi connectivity index (χ3n) is 6.31. The normalized spacial score (nSPS) is 9.58. The molecule has 19 heteroatoms. The second-order valence-corrected chi connectivity index (χ2v) is 10.4. The molecule has 0 saturated heterocycles. The number of fused-ring (bicyclic) bond motifs is 1. The van der Waals surface area contributed by atoms with Crippen molar-refractivity contribution in [3.8, 4) is 11.4 Å². The van der Waals surface area contributed by atoms with Gasteiger partial charge in [0, 0.05) is 66.3 Å². The van der Waals surface area contributed by atoms with E-state index < -0.39 is 21.5 Å². The monoisotopic (exact) mass is 912 g/mol. The Morgan fingerprint density at radius 2 is 1.38 bits per heavy atom. The predicted octanol–water partition coefficient (Wildman–Crippen LogP) is -1.97. The summed E-state index contributed by atoms with van der Waals surface area (Å²) in [6.45, 7) is 10.4. The fourth-order valence-corrected chi connectivity index (χ4v) is 4.13. The number of carbonyl (C=O) groups excluding carboxylic acids is 4. The van der Waals surface area contributed by atoms with Crippen molar-refractivity contribution in [3.05, 3.63) is 111 Å². The average Bonchev–Trinajstić information content (AvgIpc) is 3.59. The van der Waals surface area contributed by atoms with Crippen molar-refractivity contribution in [2.24, 2.45) is 14.1 Å². The summed E-state index contributed by atoms with van der Waals surface area (Å²) in [5.41, 5.74) is 2.90. The maximum Gasteiger partial charge on any atom is 0.332 e. The number of rotatable bonds is 9. The Morgan fingerprint density at radius 1 is 0.865 bits per heavy atom. The number of aromatic nitrogens is 6. The Labute approximate surface area is 314 Å². The number of nitrogens with one attached hydrogen (secondary N) is 2. The molecule has 4 heterocycles. The van der Waals surface area contributed by atoms with Gasteiger partial charge in [0.1, 0.15) is 11.3 Å². The van der Waals surface area contributed by atoms with E-state index in [1.807, 2.05) is 60.7 Å². The number of carbonyl (C=O) groups is 1. The third-order valence-corrected chi connectivity index (χ3v) is 6.31. The van der Waals surface area contributed by atoms with Gasteiger partial charge in [0.05, 0.1) is 26.3 Å². The minimum Gasteiger partial charge on any atom is -0.545 e. The van der Waals surface area contributed by atoms with Crippen LogP contribution in [0.15, 0.2) is 82.6 Å². The molecule has 0 saturated carbocycles. The van der Waals surface area contributed by atoms with E-state index in [2.05, 4.69) is 51.7 Å². The van der Waals surface area contributed by atoms with Crippen molar-refractivity contribution in [3.63, 3.8) is 0 Å². The zero-order valence-electron chi connectivity index (χ0n) is 28.0. The standard InChI is InChI=1S/C20H24N5O3.C10H8N2.3CHO.ClHO4.Re/c1-24-18-17(19(27)25(2)20(24)28)22-15(23-18)11-6-12-16(26)21-13-7-10-14-8-4-3-5-9-14;1-3-7-11-9(5-1)10-6-2-4-8-12-10;3*1-2;2-1(3,4)5;/h4-5,8-9H,6-7,10-13H2,1-2H3,(H,21,26)(H,22,23);1-8H;3*1H;(H,2,3,4,5);/q-1;;3*-1;;. The summed E-state index contributed by atoms with van der Waals surface area (Å²) in [6, 6.07) is 22.4. The molecule has 0 fully saturated rings. The molecule has 5 rings (SSSR count). The molecule has 4 aromatic heterocycles. The predicted molar refractivity (Wildman–Crippen MR) is 176 cm³/mol. The van der Waals surface area contributed by atoms with E-state index >= 15 is 0 Å². The van der Waals surface area contributed by atoms with Crippen LogP contribution in [0.3, 0.4) is 0 Å². The maximum absolute atomic E-state index is 12.2. The van der Waals surface area contributed by atoms with Crippen molar-refractivity contribution >= 4 is 37.4 Å². The molecule has 1 radical (unpaired) electrons. The van der Waals surface area contributed by atoms with Gasteiger partial charge in [-0.3, -0.25) is 49.1 Å². The molecule has 0 unspecified atom stereocenters. The zero-order chi connectivity index (χ0) is 38.8. The SMILES string of the molecule is Cn1c(=O)c2[nH]c(CCCC(=O)NCCCc3cc[c-]cc3)nc2n(C)c1=O.[CH-]=O.[CH-]=O.[CH-]=O.[O-][Cl+3]([O-])([O-])O.[Re].c1ccc(-c2ccccn2)nc1. The number of benzene rings is 1. The molecule has 0 atom stereocenters. The first-order valence-electron chi connectivity index (χ1n) is 14.5. The smallest absolute Gasteiger partial charge is 0.332 e. The second kappa shape index (κ2) is 27.6. The second-order valence-electron chi connectivity index (χ2n) is 9.63. The molecule has 17 nitrogen and oxygen atoms in total. The number of nitrogens with zero attached hydrogens (tertiary/aromatic N) is 5. The Bertz CT molecular complexity index is 1770. The molecule has 1 amide bonds. The quantitative estimate of drug-likeness (QED) is 0.0824. The number of H-pyrrole nitrogens is 1. The van der Waals surface area contributed by atoms with Gasteiger partial charge < -0.3 is 24.7 Å². The molecule has 0 aliphatic rings. The van der Waals surface area contributed by atoms with Gasteiger partial charge >= 0.3 is 5.69 Å². The Kier molecular flexibility index (Phi) is 26.1. The van der Waals surface area contributed by atoms with Gasteiger partial charge in [0.25, 0.3) is 5.56 Å². The topological polar surface area (TPSA) is 268 Å². The van der Waals surface area contributed by atoms with Crippen LogP contribution in [-0.2, 0) is 66.5 Å². The molecular formula is C33H36ClN7O10Re-4. The van der Waals surface area contributed by atoms with Gasteiger partial charge in [-0.2, -0.15) is 49.9 Å². The summed E-state index contributed by atoms with van der Waals surface area (Å²) < 4.78 is 35.1. The molecule has 5 aromatic rings. The van der Waals surface area contributed by atoms with Crippen LogP contribution >= 0.6 is 0 Å². The molecule has 281 valence electrons. The van der Waals surface area contributed by atoms with E-state index in [1.54, 1.807) is 19.4 Å². The van der Waals surface area contributed by atoms with Crippen LogP contribution in [0, 0.1) is 16.3 Å². The Hall–Kier alpha value is -5.06. The van der Waals surface area contributed by atoms with Crippen LogP contribution < -0.4 is 30.5 Å². The van der Waals surface area contributed by atoms with Crippen LogP contribution in [0.25, 0.3) is 22.6 Å². The van der Waals surface area contributed by atoms with Crippen LogP contribution in [0.5, 0.6) is 0 Å². The van der Waals surface area contributed by atoms with Gasteiger partial charge in [-0.1, -0.05) is 12.1 Å². The number of hydrogen-bond acceptors (Lipinski definition) is 13. The van der Waals surface area contributed by atoms with Crippen molar-refractivity contribution in [1.82, 2.24) is 34.4 Å². The first kappa shape index (κ1) is 49.1. The summed E-state index contributed by atoms with van der Waals surface area (Å²) in [4.78, 5) is 75.0. The number of pyridine rings is 2. The van der Waals surface area contributed by atoms with E-state index in [9.17, 15) is 14.4 Å². The van der Waals surface area contributed by atoms with Gasteiger partial charge in [0.2, 0.25) is 5.91 Å². The fraction of sp³-hybridized carbons (Fsp3) is 0.242. The van der Waals surface area contributed by atoms with Gasteiger partial charge in [-0.15, -0.1) is 0 Å². The van der Waals surface area contributed by atoms with Gasteiger partial charge in [0.15, 0.2) is 5.65 Å². The van der Waals surface area contributed by atoms with Gasteiger partial charge in [-0.25, -0.2) is 9.78 Å². The van der Waals surface area contributed by atoms with Crippen molar-refractivity contribution in [2.75, 3.05) is 6.54 Å². The number of amides is 1. The maximum atomic E-state index is 12.2. The molecule has 0 bridgehead atoms. The average molecular weight is 912 g/mol. The third kappa shape index (κ3) is 18.8. The van der Waals surface area contributed by atoms with Crippen LogP contribution in [0.4, 0.5) is 0 Å². The van der Waals surface area contributed by atoms with E-state index in [0.29, 0.717) is 42.8 Å². The number of aryl methyl sites for hydroxylation is 3. The summed E-state index contributed by atoms with van der Waals surface area (Å²) in [5, 5.41) is 2.92. The molecular weight excluding hydrogens is 876 g/mol. The first-order valence-corrected chi connectivity index (χ1v) is 15.7. The number of hydrogen-bond donors (Lipinski definition) is 3. The largest absolute Gasteiger partial charge is 0.545 e. The first-order chi connectivity index (χ1) is 24.4. The summed E-state index contributed by atoms with van der Waals surface area (Å²) in [6.07, 6.45) is 6.86. The summed E-state index contributed by atoms with van der Waals surface area (Å²) in [7, 11) is -1.68. The van der Waals surface area contributed by atoms with E-state index in [-0.39, 0.29) is 26.3 Å². The van der Waals surface area contributed by atoms with Crippen molar-refractivity contribution < 1.29 is 68.5 Å². The number of halogens is 1. The van der Waals surface area contributed by atoms with Gasteiger partial charge in [-0.05, 0) is 43.5 Å². The molecule has 0 aliphatic carbocycles. The van der Waals surface area contributed by atoms with E-state index in [4.69, 9.17) is 33.0 Å². The molecule has 52 heavy (non-hydrogen) atoms. The van der Waals surface area contributed by atoms with Crippen LogP contribution in [0.2, 0.25) is 0 Å². The van der Waals surface area contributed by atoms with Crippen molar-refractivity contribution in [2.45, 2.75) is 32.1 Å². The Balaban J connectivity index is 0. The minimum atomic E-state index is -4.69. The molecule has 0 aliphatic heterocycles. The number of imidazole rings is 1.